The fourth-order valence-corrected chi connectivity index (χ4v) is 3.29. The van der Waals surface area contributed by atoms with E-state index >= 15 is 0 Å². The van der Waals surface area contributed by atoms with Crippen molar-refractivity contribution < 1.29 is 62.9 Å². The molecule has 0 aliphatic heterocycles. The minimum atomic E-state index is -6.12. The number of ether oxygens (including phenoxy) is 1. The summed E-state index contributed by atoms with van der Waals surface area (Å²) in [6.45, 7) is -0.255. The van der Waals surface area contributed by atoms with Gasteiger partial charge in [-0.1, -0.05) is 6.92 Å². The molecular formula is C16H19F11O3. The lowest BCUT2D eigenvalue weighted by Gasteiger charge is -2.46. The number of hydrogen-bond acceptors (Lipinski definition) is 3. The van der Waals surface area contributed by atoms with Gasteiger partial charge < -0.3 is 9.84 Å². The Kier molecular flexibility index (Phi) is 7.09. The molecule has 0 aromatic carbocycles. The molecule has 14 heteroatoms. The van der Waals surface area contributed by atoms with E-state index in [0.29, 0.717) is 0 Å². The summed E-state index contributed by atoms with van der Waals surface area (Å²) in [6, 6.07) is 0. The van der Waals surface area contributed by atoms with Crippen molar-refractivity contribution in [2.24, 2.45) is 11.8 Å². The summed E-state index contributed by atoms with van der Waals surface area (Å²) in [5, 5.41) is 8.93. The normalized spacial score (nSPS) is 28.3. The molecule has 0 aromatic rings. The van der Waals surface area contributed by atoms with Crippen LogP contribution in [-0.2, 0) is 9.53 Å². The number of halogens is 11. The molecule has 1 aliphatic carbocycles. The minimum Gasteiger partial charge on any atom is -0.465 e. The van der Waals surface area contributed by atoms with Crippen LogP contribution in [-0.4, -0.2) is 53.2 Å². The van der Waals surface area contributed by atoms with Gasteiger partial charge in [-0.25, -0.2) is 22.0 Å². The molecule has 1 aliphatic rings. The fraction of sp³-hybridized carbons (Fsp3) is 0.938. The Hall–Kier alpha value is -1.34. The van der Waals surface area contributed by atoms with Crippen LogP contribution < -0.4 is 0 Å². The average Bonchev–Trinajstić information content (AvgIpc) is 2.51. The number of carbonyl (C=O) groups excluding carboxylic acids is 1. The van der Waals surface area contributed by atoms with Gasteiger partial charge in [0.1, 0.15) is 5.92 Å². The number of alkyl halides is 11. The Labute approximate surface area is 163 Å². The molecule has 0 bridgehead atoms. The highest BCUT2D eigenvalue weighted by atomic mass is 19.4. The van der Waals surface area contributed by atoms with Gasteiger partial charge in [0.25, 0.3) is 11.5 Å². The van der Waals surface area contributed by atoms with Crippen molar-refractivity contribution in [3.63, 3.8) is 0 Å². The van der Waals surface area contributed by atoms with Crippen molar-refractivity contribution in [2.45, 2.75) is 75.0 Å². The summed E-state index contributed by atoms with van der Waals surface area (Å²) in [4.78, 5) is 11.9. The molecule has 30 heavy (non-hydrogen) atoms. The van der Waals surface area contributed by atoms with E-state index in [1.807, 2.05) is 0 Å². The van der Waals surface area contributed by atoms with E-state index in [1.165, 1.54) is 0 Å². The molecule has 0 heterocycles. The van der Waals surface area contributed by atoms with E-state index in [1.54, 1.807) is 0 Å². The number of hydrogen-bond donors (Lipinski definition) is 1. The van der Waals surface area contributed by atoms with E-state index in [-0.39, 0.29) is 6.92 Å². The molecule has 1 rings (SSSR count). The van der Waals surface area contributed by atoms with Gasteiger partial charge in [-0.05, 0) is 31.6 Å². The molecular weight excluding hydrogens is 449 g/mol. The third-order valence-corrected chi connectivity index (χ3v) is 5.08. The van der Waals surface area contributed by atoms with Crippen molar-refractivity contribution >= 4 is 5.97 Å². The Morgan fingerprint density at radius 2 is 1.50 bits per heavy atom. The largest absolute Gasteiger partial charge is 0.465 e. The second-order valence-corrected chi connectivity index (χ2v) is 7.54. The highest BCUT2D eigenvalue weighted by molar-refractivity contribution is 5.74. The van der Waals surface area contributed by atoms with Crippen LogP contribution in [0.2, 0.25) is 0 Å². The van der Waals surface area contributed by atoms with Crippen LogP contribution in [0.3, 0.4) is 0 Å². The molecule has 0 aromatic heterocycles. The Morgan fingerprint density at radius 1 is 1.03 bits per heavy atom. The lowest BCUT2D eigenvalue weighted by molar-refractivity contribution is -0.370. The Morgan fingerprint density at radius 3 is 1.90 bits per heavy atom. The molecule has 3 unspecified atom stereocenters. The van der Waals surface area contributed by atoms with E-state index in [0.717, 1.165) is 6.92 Å². The average molecular weight is 468 g/mol. The highest BCUT2D eigenvalue weighted by Gasteiger charge is 2.74. The first kappa shape index (κ1) is 26.7. The van der Waals surface area contributed by atoms with Crippen molar-refractivity contribution in [3.8, 4) is 0 Å². The summed E-state index contributed by atoms with van der Waals surface area (Å²) in [7, 11) is 0. The molecule has 0 amide bonds. The fourth-order valence-electron chi connectivity index (χ4n) is 3.29. The van der Waals surface area contributed by atoms with Gasteiger partial charge in [-0.3, -0.25) is 4.79 Å². The van der Waals surface area contributed by atoms with E-state index < -0.39 is 85.6 Å². The van der Waals surface area contributed by atoms with Crippen LogP contribution in [0, 0.1) is 11.8 Å². The molecule has 1 N–H and O–H groups in total. The Bertz CT molecular complexity index is 609. The first-order chi connectivity index (χ1) is 13.1. The highest BCUT2D eigenvalue weighted by Crippen LogP contribution is 2.56. The zero-order valence-electron chi connectivity index (χ0n) is 15.6. The van der Waals surface area contributed by atoms with Gasteiger partial charge in [-0.2, -0.15) is 26.3 Å². The predicted molar refractivity (Wildman–Crippen MR) is 78.5 cm³/mol. The molecule has 3 atom stereocenters. The summed E-state index contributed by atoms with van der Waals surface area (Å²) in [6.07, 6.45) is -17.6. The lowest BCUT2D eigenvalue weighted by Crippen LogP contribution is -2.64. The summed E-state index contributed by atoms with van der Waals surface area (Å²) >= 11 is 0. The van der Waals surface area contributed by atoms with E-state index in [4.69, 9.17) is 5.11 Å². The predicted octanol–water partition coefficient (Wildman–Crippen LogP) is 5.21. The molecule has 178 valence electrons. The molecule has 1 fully saturated rings. The Balaban J connectivity index is 2.88. The van der Waals surface area contributed by atoms with Gasteiger partial charge in [-0.15, -0.1) is 0 Å². The second kappa shape index (κ2) is 7.97. The number of carbonyl (C=O) groups is 1. The third kappa shape index (κ3) is 4.62. The summed E-state index contributed by atoms with van der Waals surface area (Å²) in [5.41, 5.74) is -9.54. The van der Waals surface area contributed by atoms with Crippen LogP contribution >= 0.6 is 0 Å². The SMILES string of the molecule is CC1CC(C(=O)OCCCC(O)(C(F)(F)F)C(F)(F)F)C(F)(F)C(F)(C(C)(F)F)C1. The molecule has 0 radical (unpaired) electrons. The molecule has 3 nitrogen and oxygen atoms in total. The van der Waals surface area contributed by atoms with Gasteiger partial charge in [0.15, 0.2) is 0 Å². The molecule has 0 spiro atoms. The second-order valence-electron chi connectivity index (χ2n) is 7.54. The van der Waals surface area contributed by atoms with Crippen molar-refractivity contribution in [1.29, 1.82) is 0 Å². The zero-order valence-corrected chi connectivity index (χ0v) is 15.6. The van der Waals surface area contributed by atoms with E-state index in [9.17, 15) is 53.1 Å². The zero-order chi connectivity index (χ0) is 24.0. The molecule has 1 saturated carbocycles. The first-order valence-corrected chi connectivity index (χ1v) is 8.59. The minimum absolute atomic E-state index is 0.101. The van der Waals surface area contributed by atoms with Crippen molar-refractivity contribution in [2.75, 3.05) is 6.61 Å². The monoisotopic (exact) mass is 468 g/mol. The third-order valence-electron chi connectivity index (χ3n) is 5.08. The van der Waals surface area contributed by atoms with Gasteiger partial charge >= 0.3 is 24.2 Å². The topological polar surface area (TPSA) is 46.5 Å². The van der Waals surface area contributed by atoms with Gasteiger partial charge in [0.05, 0.1) is 6.61 Å². The van der Waals surface area contributed by atoms with Gasteiger partial charge in [0, 0.05) is 6.92 Å². The number of aliphatic hydroxyl groups is 1. The number of rotatable bonds is 6. The summed E-state index contributed by atoms with van der Waals surface area (Å²) in [5.74, 6) is -15.3. The van der Waals surface area contributed by atoms with Gasteiger partial charge in [0.2, 0.25) is 5.67 Å². The van der Waals surface area contributed by atoms with Crippen LogP contribution in [0.15, 0.2) is 0 Å². The summed E-state index contributed by atoms with van der Waals surface area (Å²) < 4.78 is 150. The standard InChI is InChI=1S/C16H19F11O3/c1-8-6-9(14(20,21)12(19,7-8)11(2,17)18)10(28)30-5-3-4-13(29,15(22,23)24)16(25,26)27/h8-9,29H,3-7H2,1-2H3. The van der Waals surface area contributed by atoms with E-state index in [2.05, 4.69) is 4.74 Å². The van der Waals surface area contributed by atoms with Crippen LogP contribution in [0.1, 0.15) is 39.5 Å². The lowest BCUT2D eigenvalue weighted by atomic mass is 9.68. The maximum absolute atomic E-state index is 14.5. The van der Waals surface area contributed by atoms with Crippen LogP contribution in [0.25, 0.3) is 0 Å². The maximum atomic E-state index is 14.5. The smallest absolute Gasteiger partial charge is 0.426 e. The first-order valence-electron chi connectivity index (χ1n) is 8.59. The molecule has 0 saturated heterocycles. The van der Waals surface area contributed by atoms with Crippen molar-refractivity contribution in [1.82, 2.24) is 0 Å². The quantitative estimate of drug-likeness (QED) is 0.331. The van der Waals surface area contributed by atoms with Crippen LogP contribution in [0.4, 0.5) is 48.3 Å². The number of esters is 1. The van der Waals surface area contributed by atoms with Crippen molar-refractivity contribution in [3.05, 3.63) is 0 Å². The maximum Gasteiger partial charge on any atom is 0.426 e. The van der Waals surface area contributed by atoms with Crippen LogP contribution in [0.5, 0.6) is 0 Å².